The van der Waals surface area contributed by atoms with E-state index >= 15 is 0 Å². The van der Waals surface area contributed by atoms with Gasteiger partial charge in [0.15, 0.2) is 0 Å². The molecule has 0 unspecified atom stereocenters. The molecule has 0 amide bonds. The van der Waals surface area contributed by atoms with Crippen LogP contribution in [0.4, 0.5) is 0 Å². The number of ether oxygens (including phenoxy) is 1. The van der Waals surface area contributed by atoms with Crippen molar-refractivity contribution in [1.29, 1.82) is 0 Å². The van der Waals surface area contributed by atoms with Gasteiger partial charge in [-0.15, -0.1) is 0 Å². The Labute approximate surface area is 108 Å². The van der Waals surface area contributed by atoms with E-state index in [1.807, 2.05) is 12.1 Å². The lowest BCUT2D eigenvalue weighted by molar-refractivity contribution is 0.0938. The predicted octanol–water partition coefficient (Wildman–Crippen LogP) is 2.06. The monoisotopic (exact) mass is 257 g/mol. The summed E-state index contributed by atoms with van der Waals surface area (Å²) in [6.07, 6.45) is 0. The Morgan fingerprint density at radius 1 is 1.24 bits per heavy atom. The third-order valence-electron chi connectivity index (χ3n) is 2.62. The third-order valence-corrected chi connectivity index (χ3v) is 2.84. The smallest absolute Gasteiger partial charge is 0.0698 e. The number of rotatable bonds is 7. The molecule has 0 heterocycles. The average Bonchev–Trinajstić information content (AvgIpc) is 2.26. The van der Waals surface area contributed by atoms with Gasteiger partial charge in [0.1, 0.15) is 0 Å². The molecular weight excluding hydrogens is 238 g/mol. The van der Waals surface area contributed by atoms with E-state index in [2.05, 4.69) is 19.2 Å². The zero-order valence-electron chi connectivity index (χ0n) is 10.4. The lowest BCUT2D eigenvalue weighted by Crippen LogP contribution is -2.21. The maximum atomic E-state index is 8.54. The highest BCUT2D eigenvalue weighted by atomic mass is 35.5. The van der Waals surface area contributed by atoms with Crippen molar-refractivity contribution in [3.8, 4) is 0 Å². The second-order valence-electron chi connectivity index (χ2n) is 4.03. The van der Waals surface area contributed by atoms with Crippen LogP contribution in [0.1, 0.15) is 16.7 Å². The molecular formula is C13H20ClNO2. The topological polar surface area (TPSA) is 41.5 Å². The van der Waals surface area contributed by atoms with Crippen LogP contribution >= 0.6 is 11.6 Å². The van der Waals surface area contributed by atoms with Crippen molar-refractivity contribution < 1.29 is 9.84 Å². The normalized spacial score (nSPS) is 10.8. The molecule has 0 bridgehead atoms. The molecule has 0 saturated heterocycles. The largest absolute Gasteiger partial charge is 0.394 e. The van der Waals surface area contributed by atoms with Crippen LogP contribution in [-0.2, 0) is 11.3 Å². The molecule has 0 radical (unpaired) electrons. The van der Waals surface area contributed by atoms with E-state index in [0.29, 0.717) is 13.2 Å². The molecule has 0 aliphatic heterocycles. The van der Waals surface area contributed by atoms with E-state index in [1.54, 1.807) is 0 Å². The van der Waals surface area contributed by atoms with Crippen LogP contribution < -0.4 is 5.32 Å². The van der Waals surface area contributed by atoms with Crippen LogP contribution in [0.3, 0.4) is 0 Å². The molecule has 96 valence electrons. The Balaban J connectivity index is 2.36. The first-order valence-electron chi connectivity index (χ1n) is 5.80. The number of nitrogens with one attached hydrogen (secondary N) is 1. The van der Waals surface area contributed by atoms with Crippen molar-refractivity contribution in [2.24, 2.45) is 0 Å². The molecule has 0 aliphatic carbocycles. The van der Waals surface area contributed by atoms with Crippen LogP contribution in [0.15, 0.2) is 12.1 Å². The van der Waals surface area contributed by atoms with Crippen LogP contribution in [0, 0.1) is 13.8 Å². The summed E-state index contributed by atoms with van der Waals surface area (Å²) in [5.74, 6) is 0. The fourth-order valence-electron chi connectivity index (χ4n) is 1.74. The van der Waals surface area contributed by atoms with Crippen LogP contribution in [0.5, 0.6) is 0 Å². The van der Waals surface area contributed by atoms with Crippen LogP contribution in [-0.4, -0.2) is 31.5 Å². The van der Waals surface area contributed by atoms with Crippen molar-refractivity contribution in [2.45, 2.75) is 20.4 Å². The summed E-state index contributed by atoms with van der Waals surface area (Å²) in [7, 11) is 0. The zero-order valence-corrected chi connectivity index (χ0v) is 11.2. The van der Waals surface area contributed by atoms with E-state index in [0.717, 1.165) is 18.1 Å². The minimum absolute atomic E-state index is 0.0788. The second-order valence-corrected chi connectivity index (χ2v) is 4.47. The van der Waals surface area contributed by atoms with Gasteiger partial charge in [0.25, 0.3) is 0 Å². The fraction of sp³-hybridized carbons (Fsp3) is 0.538. The summed E-state index contributed by atoms with van der Waals surface area (Å²) < 4.78 is 5.17. The van der Waals surface area contributed by atoms with Crippen molar-refractivity contribution in [1.82, 2.24) is 5.32 Å². The summed E-state index contributed by atoms with van der Waals surface area (Å²) in [6, 6.07) is 3.96. The molecule has 1 aromatic carbocycles. The van der Waals surface area contributed by atoms with E-state index in [1.165, 1.54) is 16.7 Å². The van der Waals surface area contributed by atoms with Gasteiger partial charge in [0.05, 0.1) is 19.8 Å². The van der Waals surface area contributed by atoms with E-state index in [4.69, 9.17) is 21.4 Å². The molecule has 0 spiro atoms. The first-order chi connectivity index (χ1) is 8.15. The summed E-state index contributed by atoms with van der Waals surface area (Å²) in [4.78, 5) is 0. The molecule has 2 N–H and O–H groups in total. The van der Waals surface area contributed by atoms with E-state index in [-0.39, 0.29) is 6.61 Å². The van der Waals surface area contributed by atoms with Gasteiger partial charge in [-0.3, -0.25) is 0 Å². The molecule has 3 nitrogen and oxygen atoms in total. The van der Waals surface area contributed by atoms with Gasteiger partial charge in [-0.2, -0.15) is 0 Å². The lowest BCUT2D eigenvalue weighted by Gasteiger charge is -2.11. The number of aliphatic hydroxyl groups is 1. The number of hydrogen-bond acceptors (Lipinski definition) is 3. The van der Waals surface area contributed by atoms with Crippen LogP contribution in [0.25, 0.3) is 0 Å². The van der Waals surface area contributed by atoms with Crippen LogP contribution in [0.2, 0.25) is 5.02 Å². The molecule has 0 atom stereocenters. The molecule has 4 heteroatoms. The molecule has 1 aromatic rings. The molecule has 0 fully saturated rings. The van der Waals surface area contributed by atoms with Crippen molar-refractivity contribution in [3.05, 3.63) is 33.8 Å². The number of aryl methyl sites for hydroxylation is 2. The van der Waals surface area contributed by atoms with E-state index < -0.39 is 0 Å². The molecule has 0 aromatic heterocycles. The number of halogens is 1. The maximum Gasteiger partial charge on any atom is 0.0698 e. The van der Waals surface area contributed by atoms with Gasteiger partial charge in [-0.25, -0.2) is 0 Å². The molecule has 0 saturated carbocycles. The SMILES string of the molecule is Cc1cc(Cl)cc(C)c1CNCCOCCO. The predicted molar refractivity (Wildman–Crippen MR) is 70.5 cm³/mol. The first-order valence-corrected chi connectivity index (χ1v) is 6.18. The van der Waals surface area contributed by atoms with Gasteiger partial charge in [0, 0.05) is 18.1 Å². The third kappa shape index (κ3) is 5.04. The number of benzene rings is 1. The Hall–Kier alpha value is -0.610. The Morgan fingerprint density at radius 3 is 2.47 bits per heavy atom. The van der Waals surface area contributed by atoms with Gasteiger partial charge < -0.3 is 15.2 Å². The lowest BCUT2D eigenvalue weighted by atomic mass is 10.0. The van der Waals surface area contributed by atoms with Gasteiger partial charge in [0.2, 0.25) is 0 Å². The highest BCUT2D eigenvalue weighted by Gasteiger charge is 2.03. The first kappa shape index (κ1) is 14.5. The fourth-order valence-corrected chi connectivity index (χ4v) is 2.07. The molecule has 1 rings (SSSR count). The highest BCUT2D eigenvalue weighted by molar-refractivity contribution is 6.30. The quantitative estimate of drug-likeness (QED) is 0.735. The Kier molecular flexibility index (Phi) is 6.52. The maximum absolute atomic E-state index is 8.54. The minimum atomic E-state index is 0.0788. The van der Waals surface area contributed by atoms with Crippen molar-refractivity contribution in [3.63, 3.8) is 0 Å². The standard InChI is InChI=1S/C13H20ClNO2/c1-10-7-12(14)8-11(2)13(10)9-15-3-5-17-6-4-16/h7-8,15-16H,3-6,9H2,1-2H3. The minimum Gasteiger partial charge on any atom is -0.394 e. The Morgan fingerprint density at radius 2 is 1.88 bits per heavy atom. The Bertz CT molecular complexity index is 332. The molecule has 17 heavy (non-hydrogen) atoms. The van der Waals surface area contributed by atoms with Crippen molar-refractivity contribution >= 4 is 11.6 Å². The summed E-state index contributed by atoms with van der Waals surface area (Å²) >= 11 is 5.98. The second kappa shape index (κ2) is 7.67. The van der Waals surface area contributed by atoms with Gasteiger partial charge in [-0.05, 0) is 42.7 Å². The van der Waals surface area contributed by atoms with Gasteiger partial charge in [-0.1, -0.05) is 11.6 Å². The summed E-state index contributed by atoms with van der Waals surface area (Å²) in [5.41, 5.74) is 3.70. The number of aliphatic hydroxyl groups excluding tert-OH is 1. The molecule has 0 aliphatic rings. The van der Waals surface area contributed by atoms with E-state index in [9.17, 15) is 0 Å². The zero-order chi connectivity index (χ0) is 12.7. The highest BCUT2D eigenvalue weighted by Crippen LogP contribution is 2.19. The van der Waals surface area contributed by atoms with Crippen molar-refractivity contribution in [2.75, 3.05) is 26.4 Å². The average molecular weight is 258 g/mol. The van der Waals surface area contributed by atoms with Gasteiger partial charge >= 0.3 is 0 Å². The summed E-state index contributed by atoms with van der Waals surface area (Å²) in [6.45, 7) is 6.83. The number of hydrogen-bond donors (Lipinski definition) is 2. The summed E-state index contributed by atoms with van der Waals surface area (Å²) in [5, 5.41) is 12.6.